The molecule has 0 aromatic heterocycles. The van der Waals surface area contributed by atoms with E-state index in [0.29, 0.717) is 26.4 Å². The van der Waals surface area contributed by atoms with Crippen LogP contribution in [0.1, 0.15) is 15.9 Å². The van der Waals surface area contributed by atoms with Crippen molar-refractivity contribution in [2.45, 2.75) is 11.4 Å². The molecule has 0 aliphatic rings. The number of benzene rings is 3. The van der Waals surface area contributed by atoms with E-state index >= 15 is 0 Å². The highest BCUT2D eigenvalue weighted by Crippen LogP contribution is 2.34. The van der Waals surface area contributed by atoms with Crippen LogP contribution >= 0.6 is 23.4 Å². The van der Waals surface area contributed by atoms with Gasteiger partial charge in [0, 0.05) is 32.8 Å². The van der Waals surface area contributed by atoms with Crippen LogP contribution in [0.4, 0.5) is 0 Å². The molecule has 0 radical (unpaired) electrons. The molecule has 0 saturated carbocycles. The van der Waals surface area contributed by atoms with Gasteiger partial charge >= 0.3 is 5.97 Å². The van der Waals surface area contributed by atoms with Crippen LogP contribution in [0.2, 0.25) is 5.02 Å². The highest BCUT2D eigenvalue weighted by molar-refractivity contribution is 8.00. The lowest BCUT2D eigenvalue weighted by Crippen LogP contribution is -2.24. The molecule has 0 heterocycles. The lowest BCUT2D eigenvalue weighted by Gasteiger charge is -2.11. The summed E-state index contributed by atoms with van der Waals surface area (Å²) < 4.78 is 4.76. The number of amides is 1. The molecular formula is C21H18ClNO4S. The first kappa shape index (κ1) is 20.0. The number of carbonyl (C=O) groups is 2. The fourth-order valence-corrected chi connectivity index (χ4v) is 3.93. The Kier molecular flexibility index (Phi) is 6.44. The highest BCUT2D eigenvalue weighted by atomic mass is 35.5. The third-order valence-corrected chi connectivity index (χ3v) is 5.56. The molecule has 0 fully saturated rings. The number of nitrogens with one attached hydrogen (secondary N) is 1. The first-order valence-corrected chi connectivity index (χ1v) is 9.83. The number of carbonyl (C=O) groups excluding carboxylic acids is 2. The van der Waals surface area contributed by atoms with Crippen molar-refractivity contribution in [2.24, 2.45) is 0 Å². The number of phenols is 1. The summed E-state index contributed by atoms with van der Waals surface area (Å²) >= 11 is 7.52. The van der Waals surface area contributed by atoms with Crippen LogP contribution < -0.4 is 5.32 Å². The summed E-state index contributed by atoms with van der Waals surface area (Å²) in [6, 6.07) is 15.9. The number of thioether (sulfide) groups is 1. The smallest absolute Gasteiger partial charge is 0.338 e. The highest BCUT2D eigenvalue weighted by Gasteiger charge is 2.14. The van der Waals surface area contributed by atoms with E-state index in [1.807, 2.05) is 18.2 Å². The molecule has 0 aliphatic carbocycles. The number of esters is 1. The second-order valence-electron chi connectivity index (χ2n) is 5.96. The number of phenolic OH excluding ortho intramolecular Hbond substituents is 1. The summed E-state index contributed by atoms with van der Waals surface area (Å²) in [6.07, 6.45) is 0. The van der Waals surface area contributed by atoms with Gasteiger partial charge in [0.25, 0.3) is 0 Å². The average Bonchev–Trinajstić information content (AvgIpc) is 2.73. The maximum atomic E-state index is 12.2. The number of fused-ring (bicyclic) bond motifs is 1. The van der Waals surface area contributed by atoms with Crippen LogP contribution in [0, 0.1) is 0 Å². The summed E-state index contributed by atoms with van der Waals surface area (Å²) in [5.74, 6) is -0.452. The molecule has 3 aromatic carbocycles. The fraction of sp³-hybridized carbons (Fsp3) is 0.143. The fourth-order valence-electron chi connectivity index (χ4n) is 2.76. The van der Waals surface area contributed by atoms with Crippen molar-refractivity contribution in [1.82, 2.24) is 5.32 Å². The van der Waals surface area contributed by atoms with Crippen molar-refractivity contribution in [3.05, 3.63) is 70.7 Å². The molecule has 3 aromatic rings. The van der Waals surface area contributed by atoms with Gasteiger partial charge in [-0.15, -0.1) is 11.8 Å². The van der Waals surface area contributed by atoms with Gasteiger partial charge in [-0.2, -0.15) is 0 Å². The molecular weight excluding hydrogens is 398 g/mol. The second kappa shape index (κ2) is 8.99. The van der Waals surface area contributed by atoms with Crippen molar-refractivity contribution in [3.63, 3.8) is 0 Å². The van der Waals surface area contributed by atoms with E-state index in [2.05, 4.69) is 5.32 Å². The summed E-state index contributed by atoms with van der Waals surface area (Å²) in [5.41, 5.74) is 0.957. The largest absolute Gasteiger partial charge is 0.507 e. The molecule has 0 atom stereocenters. The van der Waals surface area contributed by atoms with Gasteiger partial charge in [-0.05, 0) is 18.2 Å². The zero-order chi connectivity index (χ0) is 20.1. The van der Waals surface area contributed by atoms with Crippen LogP contribution in [-0.4, -0.2) is 29.8 Å². The molecule has 0 aliphatic heterocycles. The van der Waals surface area contributed by atoms with E-state index in [1.165, 1.54) is 18.9 Å². The van der Waals surface area contributed by atoms with Gasteiger partial charge in [0.2, 0.25) is 5.91 Å². The minimum Gasteiger partial charge on any atom is -0.507 e. The number of hydrogen-bond acceptors (Lipinski definition) is 5. The second-order valence-corrected chi connectivity index (χ2v) is 7.39. The molecule has 28 heavy (non-hydrogen) atoms. The zero-order valence-electron chi connectivity index (χ0n) is 15.1. The maximum Gasteiger partial charge on any atom is 0.338 e. The van der Waals surface area contributed by atoms with E-state index in [1.54, 1.807) is 36.4 Å². The maximum absolute atomic E-state index is 12.2. The van der Waals surface area contributed by atoms with Crippen LogP contribution in [-0.2, 0) is 16.1 Å². The predicted molar refractivity (Wildman–Crippen MR) is 111 cm³/mol. The Morgan fingerprint density at radius 1 is 1.11 bits per heavy atom. The normalized spacial score (nSPS) is 10.6. The predicted octanol–water partition coefficient (Wildman–Crippen LogP) is 4.39. The summed E-state index contributed by atoms with van der Waals surface area (Å²) in [4.78, 5) is 24.7. The molecule has 5 nitrogen and oxygen atoms in total. The van der Waals surface area contributed by atoms with Crippen LogP contribution in [0.3, 0.4) is 0 Å². The van der Waals surface area contributed by atoms with E-state index in [-0.39, 0.29) is 24.0 Å². The summed E-state index contributed by atoms with van der Waals surface area (Å²) in [7, 11) is 1.32. The van der Waals surface area contributed by atoms with E-state index in [0.717, 1.165) is 5.39 Å². The minimum atomic E-state index is -0.445. The quantitative estimate of drug-likeness (QED) is 0.461. The number of ether oxygens (including phenoxy) is 1. The summed E-state index contributed by atoms with van der Waals surface area (Å²) in [6.45, 7) is 0.147. The number of rotatable bonds is 6. The molecule has 144 valence electrons. The minimum absolute atomic E-state index is 0.101. The monoisotopic (exact) mass is 415 g/mol. The van der Waals surface area contributed by atoms with Crippen molar-refractivity contribution < 1.29 is 19.4 Å². The van der Waals surface area contributed by atoms with E-state index in [9.17, 15) is 14.7 Å². The Labute approximate surface area is 171 Å². The van der Waals surface area contributed by atoms with Crippen molar-refractivity contribution in [1.29, 1.82) is 0 Å². The van der Waals surface area contributed by atoms with E-state index in [4.69, 9.17) is 16.3 Å². The lowest BCUT2D eigenvalue weighted by atomic mass is 10.1. The Balaban J connectivity index is 1.65. The molecule has 0 unspecified atom stereocenters. The van der Waals surface area contributed by atoms with Gasteiger partial charge in [-0.1, -0.05) is 48.0 Å². The van der Waals surface area contributed by atoms with Crippen molar-refractivity contribution in [3.8, 4) is 5.75 Å². The number of halogens is 1. The molecule has 3 rings (SSSR count). The van der Waals surface area contributed by atoms with Crippen LogP contribution in [0.5, 0.6) is 5.75 Å². The average molecular weight is 416 g/mol. The van der Waals surface area contributed by atoms with Gasteiger partial charge in [0.15, 0.2) is 0 Å². The lowest BCUT2D eigenvalue weighted by molar-refractivity contribution is -0.118. The Morgan fingerprint density at radius 2 is 1.79 bits per heavy atom. The van der Waals surface area contributed by atoms with Gasteiger partial charge in [0.05, 0.1) is 18.4 Å². The third kappa shape index (κ3) is 4.40. The number of aromatic hydroxyl groups is 1. The van der Waals surface area contributed by atoms with Crippen molar-refractivity contribution >= 4 is 46.0 Å². The molecule has 2 N–H and O–H groups in total. The van der Waals surface area contributed by atoms with Gasteiger partial charge in [-0.25, -0.2) is 4.79 Å². The van der Waals surface area contributed by atoms with Gasteiger partial charge in [0.1, 0.15) is 5.75 Å². The standard InChI is InChI=1S/C21H18ClNO4S/c1-27-21(26)16-8-4-5-9-18(16)28-12-19(24)23-11-13-10-17(22)14-6-2-3-7-15(14)20(13)25/h2-10,25H,11-12H2,1H3,(H,23,24). The molecule has 0 spiro atoms. The molecule has 0 bridgehead atoms. The number of methoxy groups -OCH3 is 1. The third-order valence-electron chi connectivity index (χ3n) is 4.17. The topological polar surface area (TPSA) is 75.6 Å². The molecule has 1 amide bonds. The Morgan fingerprint density at radius 3 is 2.54 bits per heavy atom. The molecule has 7 heteroatoms. The SMILES string of the molecule is COC(=O)c1ccccc1SCC(=O)NCc1cc(Cl)c2ccccc2c1O. The Hall–Kier alpha value is -2.70. The van der Waals surface area contributed by atoms with Crippen LogP contribution in [0.25, 0.3) is 10.8 Å². The first-order valence-electron chi connectivity index (χ1n) is 8.47. The van der Waals surface area contributed by atoms with Crippen LogP contribution in [0.15, 0.2) is 59.5 Å². The summed E-state index contributed by atoms with van der Waals surface area (Å²) in [5, 5.41) is 15.1. The van der Waals surface area contributed by atoms with Crippen molar-refractivity contribution in [2.75, 3.05) is 12.9 Å². The van der Waals surface area contributed by atoms with E-state index < -0.39 is 5.97 Å². The first-order chi connectivity index (χ1) is 13.5. The zero-order valence-corrected chi connectivity index (χ0v) is 16.6. The molecule has 0 saturated heterocycles. The van der Waals surface area contributed by atoms with Gasteiger partial charge < -0.3 is 15.2 Å². The number of hydrogen-bond donors (Lipinski definition) is 2. The van der Waals surface area contributed by atoms with Gasteiger partial charge in [-0.3, -0.25) is 4.79 Å². The Bertz CT molecular complexity index is 1040.